The van der Waals surface area contributed by atoms with E-state index in [2.05, 4.69) is 11.4 Å². The Kier molecular flexibility index (Phi) is 4.57. The maximum Gasteiger partial charge on any atom is 0.261 e. The van der Waals surface area contributed by atoms with Gasteiger partial charge in [0.2, 0.25) is 5.91 Å². The number of amides is 1. The highest BCUT2D eigenvalue weighted by Gasteiger charge is 2.28. The number of fused-ring (bicyclic) bond motifs is 6. The quantitative estimate of drug-likeness (QED) is 0.542. The standard InChI is InChI=1S/C25H24N4O3/c30-22(26-14-16-6-5-13-32-16)15-29-21-10-4-2-7-17(21)18-11-12-28-24(23(18)29)27-20-9-3-1-8-19(20)25(28)31/h1-4,7-10,16H,5-6,11-15H2,(H,26,30). The number of aryl methyl sites for hydroxylation is 1. The van der Waals surface area contributed by atoms with E-state index in [0.29, 0.717) is 29.8 Å². The molecule has 0 aliphatic carbocycles. The first-order valence-electron chi connectivity index (χ1n) is 11.2. The molecular weight excluding hydrogens is 404 g/mol. The number of rotatable bonds is 4. The van der Waals surface area contributed by atoms with Gasteiger partial charge in [0.05, 0.1) is 22.7 Å². The summed E-state index contributed by atoms with van der Waals surface area (Å²) < 4.78 is 9.40. The molecule has 7 heteroatoms. The molecule has 2 aliphatic rings. The van der Waals surface area contributed by atoms with Crippen LogP contribution in [0.4, 0.5) is 0 Å². The fourth-order valence-corrected chi connectivity index (χ4v) is 5.06. The lowest BCUT2D eigenvalue weighted by Gasteiger charge is -2.21. The minimum Gasteiger partial charge on any atom is -0.376 e. The lowest BCUT2D eigenvalue weighted by atomic mass is 10.0. The van der Waals surface area contributed by atoms with Crippen molar-refractivity contribution in [1.29, 1.82) is 0 Å². The van der Waals surface area contributed by atoms with Crippen molar-refractivity contribution in [2.24, 2.45) is 0 Å². The molecule has 0 radical (unpaired) electrons. The molecule has 1 amide bonds. The molecule has 162 valence electrons. The zero-order chi connectivity index (χ0) is 21.7. The summed E-state index contributed by atoms with van der Waals surface area (Å²) in [4.78, 5) is 31.0. The molecule has 4 aromatic rings. The number of nitrogens with zero attached hydrogens (tertiary/aromatic N) is 3. The van der Waals surface area contributed by atoms with E-state index in [9.17, 15) is 9.59 Å². The Morgan fingerprint density at radius 2 is 1.94 bits per heavy atom. The van der Waals surface area contributed by atoms with Crippen molar-refractivity contribution in [3.8, 4) is 11.5 Å². The van der Waals surface area contributed by atoms with E-state index in [-0.39, 0.29) is 24.1 Å². The predicted molar refractivity (Wildman–Crippen MR) is 123 cm³/mol. The van der Waals surface area contributed by atoms with Gasteiger partial charge in [0.25, 0.3) is 5.56 Å². The Hall–Kier alpha value is -3.45. The number of benzene rings is 2. The van der Waals surface area contributed by atoms with Crippen LogP contribution in [0, 0.1) is 0 Å². The van der Waals surface area contributed by atoms with Gasteiger partial charge in [-0.3, -0.25) is 14.2 Å². The molecule has 7 nitrogen and oxygen atoms in total. The van der Waals surface area contributed by atoms with Gasteiger partial charge in [-0.05, 0) is 43.0 Å². The van der Waals surface area contributed by atoms with Crippen LogP contribution in [0.5, 0.6) is 0 Å². The highest BCUT2D eigenvalue weighted by atomic mass is 16.5. The van der Waals surface area contributed by atoms with Crippen LogP contribution in [-0.4, -0.2) is 39.3 Å². The number of para-hydroxylation sites is 2. The summed E-state index contributed by atoms with van der Waals surface area (Å²) in [6.07, 6.45) is 2.85. The maximum atomic E-state index is 13.2. The molecule has 1 fully saturated rings. The van der Waals surface area contributed by atoms with Crippen LogP contribution in [0.25, 0.3) is 33.3 Å². The number of carbonyl (C=O) groups is 1. The first-order chi connectivity index (χ1) is 15.7. The topological polar surface area (TPSA) is 78.2 Å². The Labute approximate surface area is 184 Å². The van der Waals surface area contributed by atoms with Crippen molar-refractivity contribution < 1.29 is 9.53 Å². The van der Waals surface area contributed by atoms with Crippen molar-refractivity contribution >= 4 is 27.7 Å². The summed E-state index contributed by atoms with van der Waals surface area (Å²) in [6.45, 7) is 2.05. The number of hydrogen-bond acceptors (Lipinski definition) is 4. The number of hydrogen-bond donors (Lipinski definition) is 1. The second kappa shape index (κ2) is 7.60. The molecule has 6 rings (SSSR count). The van der Waals surface area contributed by atoms with Crippen LogP contribution in [0.3, 0.4) is 0 Å². The molecule has 2 aromatic carbocycles. The summed E-state index contributed by atoms with van der Waals surface area (Å²) in [6, 6.07) is 15.6. The molecule has 1 N–H and O–H groups in total. The van der Waals surface area contributed by atoms with Gasteiger partial charge in [-0.1, -0.05) is 30.3 Å². The zero-order valence-corrected chi connectivity index (χ0v) is 17.7. The van der Waals surface area contributed by atoms with Crippen LogP contribution in [0.2, 0.25) is 0 Å². The molecular formula is C25H24N4O3. The maximum absolute atomic E-state index is 13.2. The Bertz CT molecular complexity index is 1410. The van der Waals surface area contributed by atoms with E-state index >= 15 is 0 Å². The van der Waals surface area contributed by atoms with E-state index < -0.39 is 0 Å². The van der Waals surface area contributed by atoms with E-state index in [0.717, 1.165) is 48.0 Å². The summed E-state index contributed by atoms with van der Waals surface area (Å²) in [5, 5.41) is 4.76. The van der Waals surface area contributed by atoms with Gasteiger partial charge >= 0.3 is 0 Å². The largest absolute Gasteiger partial charge is 0.376 e. The monoisotopic (exact) mass is 428 g/mol. The number of ether oxygens (including phenoxy) is 1. The van der Waals surface area contributed by atoms with Crippen LogP contribution in [0.15, 0.2) is 53.3 Å². The van der Waals surface area contributed by atoms with Gasteiger partial charge in [-0.2, -0.15) is 0 Å². The van der Waals surface area contributed by atoms with Gasteiger partial charge in [-0.15, -0.1) is 0 Å². The third kappa shape index (κ3) is 3.04. The summed E-state index contributed by atoms with van der Waals surface area (Å²) in [7, 11) is 0. The second-order valence-electron chi connectivity index (χ2n) is 8.53. The van der Waals surface area contributed by atoms with Gasteiger partial charge in [0, 0.05) is 30.6 Å². The van der Waals surface area contributed by atoms with E-state index in [1.165, 1.54) is 0 Å². The number of carbonyl (C=O) groups excluding carboxylic acids is 1. The normalized spacial score (nSPS) is 17.4. The third-order valence-corrected chi connectivity index (χ3v) is 6.59. The Morgan fingerprint density at radius 1 is 1.12 bits per heavy atom. The highest BCUT2D eigenvalue weighted by molar-refractivity contribution is 5.93. The minimum absolute atomic E-state index is 0.0316. The van der Waals surface area contributed by atoms with Gasteiger partial charge in [0.1, 0.15) is 6.54 Å². The molecule has 0 saturated carbocycles. The van der Waals surface area contributed by atoms with Crippen molar-refractivity contribution in [3.05, 3.63) is 64.4 Å². The average Bonchev–Trinajstić information content (AvgIpc) is 3.45. The first-order valence-corrected chi connectivity index (χ1v) is 11.2. The average molecular weight is 428 g/mol. The van der Waals surface area contributed by atoms with Gasteiger partial charge in [0.15, 0.2) is 5.82 Å². The fourth-order valence-electron chi connectivity index (χ4n) is 5.06. The van der Waals surface area contributed by atoms with E-state index in [4.69, 9.17) is 9.72 Å². The molecule has 1 saturated heterocycles. The summed E-state index contributed by atoms with van der Waals surface area (Å²) in [5.41, 5.74) is 3.65. The molecule has 1 unspecified atom stereocenters. The van der Waals surface area contributed by atoms with Crippen LogP contribution in [0.1, 0.15) is 18.4 Å². The van der Waals surface area contributed by atoms with Gasteiger partial charge < -0.3 is 14.6 Å². The van der Waals surface area contributed by atoms with Crippen molar-refractivity contribution in [2.45, 2.75) is 38.5 Å². The number of nitrogens with one attached hydrogen (secondary N) is 1. The summed E-state index contributed by atoms with van der Waals surface area (Å²) >= 11 is 0. The molecule has 2 aliphatic heterocycles. The predicted octanol–water partition coefficient (Wildman–Crippen LogP) is 2.87. The first kappa shape index (κ1) is 19.3. The number of aromatic nitrogens is 3. The molecule has 4 heterocycles. The molecule has 2 aromatic heterocycles. The third-order valence-electron chi connectivity index (χ3n) is 6.59. The van der Waals surface area contributed by atoms with E-state index in [1.807, 2.05) is 47.0 Å². The highest BCUT2D eigenvalue weighted by Crippen LogP contribution is 2.36. The Morgan fingerprint density at radius 3 is 2.78 bits per heavy atom. The Balaban J connectivity index is 1.47. The molecule has 1 atom stereocenters. The van der Waals surface area contributed by atoms with Crippen molar-refractivity contribution in [2.75, 3.05) is 13.2 Å². The van der Waals surface area contributed by atoms with Crippen molar-refractivity contribution in [3.63, 3.8) is 0 Å². The smallest absolute Gasteiger partial charge is 0.261 e. The lowest BCUT2D eigenvalue weighted by Crippen LogP contribution is -2.34. The second-order valence-corrected chi connectivity index (χ2v) is 8.53. The summed E-state index contributed by atoms with van der Waals surface area (Å²) in [5.74, 6) is 0.572. The molecule has 32 heavy (non-hydrogen) atoms. The lowest BCUT2D eigenvalue weighted by molar-refractivity contribution is -0.122. The molecule has 0 spiro atoms. The fraction of sp³-hybridized carbons (Fsp3) is 0.320. The van der Waals surface area contributed by atoms with Crippen LogP contribution < -0.4 is 10.9 Å². The zero-order valence-electron chi connectivity index (χ0n) is 17.7. The van der Waals surface area contributed by atoms with E-state index in [1.54, 1.807) is 4.57 Å². The van der Waals surface area contributed by atoms with Gasteiger partial charge in [-0.25, -0.2) is 4.98 Å². The SMILES string of the molecule is O=C(Cn1c2c(c3ccccc31)CCn1c-2nc2ccccc2c1=O)NCC1CCCO1. The molecule has 0 bridgehead atoms. The minimum atomic E-state index is -0.0655. The van der Waals surface area contributed by atoms with Crippen LogP contribution >= 0.6 is 0 Å². The van der Waals surface area contributed by atoms with Crippen molar-refractivity contribution in [1.82, 2.24) is 19.4 Å². The van der Waals surface area contributed by atoms with Crippen LogP contribution in [-0.2, 0) is 29.0 Å².